The summed E-state index contributed by atoms with van der Waals surface area (Å²) in [6, 6.07) is -0.912. The Morgan fingerprint density at radius 1 is 1.41 bits per heavy atom. The molecule has 7 heteroatoms. The molecule has 2 atom stereocenters. The van der Waals surface area contributed by atoms with Gasteiger partial charge >= 0.3 is 5.97 Å². The topological polar surface area (TPSA) is 83.9 Å². The zero-order chi connectivity index (χ0) is 13.4. The lowest BCUT2D eigenvalue weighted by Crippen LogP contribution is -2.51. The number of hydrogen-bond acceptors (Lipinski definition) is 5. The molecule has 1 rings (SSSR count). The molecule has 0 aromatic rings. The first kappa shape index (κ1) is 14.4. The van der Waals surface area contributed by atoms with Crippen LogP contribution in [-0.4, -0.2) is 54.9 Å². The van der Waals surface area contributed by atoms with Crippen LogP contribution in [0.1, 0.15) is 27.2 Å². The number of likely N-dealkylation sites (tertiary alicyclic amines) is 1. The normalized spacial score (nSPS) is 27.3. The molecule has 1 fully saturated rings. The Labute approximate surface area is 102 Å². The Bertz CT molecular complexity index is 397. The van der Waals surface area contributed by atoms with Gasteiger partial charge in [0.05, 0.1) is 6.26 Å². The van der Waals surface area contributed by atoms with Crippen LogP contribution in [0.4, 0.5) is 0 Å². The summed E-state index contributed by atoms with van der Waals surface area (Å²) in [6.07, 6.45) is 0.536. The van der Waals surface area contributed by atoms with Gasteiger partial charge in [0.2, 0.25) is 0 Å². The summed E-state index contributed by atoms with van der Waals surface area (Å²) in [6.45, 7) is 6.20. The monoisotopic (exact) mass is 265 g/mol. The minimum Gasteiger partial charge on any atom is -0.480 e. The van der Waals surface area contributed by atoms with Crippen LogP contribution in [-0.2, 0) is 19.1 Å². The molecule has 1 aliphatic rings. The second-order valence-electron chi connectivity index (χ2n) is 5.27. The van der Waals surface area contributed by atoms with E-state index in [1.807, 2.05) is 20.8 Å². The molecule has 6 nitrogen and oxygen atoms in total. The van der Waals surface area contributed by atoms with Crippen LogP contribution in [0.15, 0.2) is 0 Å². The molecule has 0 aliphatic carbocycles. The van der Waals surface area contributed by atoms with Gasteiger partial charge in [-0.15, -0.1) is 0 Å². The van der Waals surface area contributed by atoms with E-state index in [0.29, 0.717) is 13.0 Å². The number of carbonyl (C=O) groups is 1. The van der Waals surface area contributed by atoms with E-state index in [1.165, 1.54) is 0 Å². The number of carboxylic acid groups (broad SMARTS) is 1. The Morgan fingerprint density at radius 2 is 1.94 bits per heavy atom. The molecular formula is C10H19NO5S. The fourth-order valence-corrected chi connectivity index (χ4v) is 2.78. The molecule has 0 amide bonds. The van der Waals surface area contributed by atoms with Crippen molar-refractivity contribution in [3.05, 3.63) is 0 Å². The summed E-state index contributed by atoms with van der Waals surface area (Å²) in [4.78, 5) is 13.0. The van der Waals surface area contributed by atoms with Crippen molar-refractivity contribution in [3.63, 3.8) is 0 Å². The van der Waals surface area contributed by atoms with E-state index >= 15 is 0 Å². The van der Waals surface area contributed by atoms with Crippen molar-refractivity contribution in [1.82, 2.24) is 4.90 Å². The molecule has 1 aliphatic heterocycles. The van der Waals surface area contributed by atoms with Crippen molar-refractivity contribution >= 4 is 16.1 Å². The standard InChI is InChI=1S/C10H19NO5S/c1-10(2,3)11-6-5-7(8(11)9(12)13)16-17(4,14)15/h7-8H,5-6H2,1-4H3,(H,12,13)/t7-,8?/m0/s1. The van der Waals surface area contributed by atoms with Gasteiger partial charge in [-0.25, -0.2) is 0 Å². The average Bonchev–Trinajstić information content (AvgIpc) is 2.43. The van der Waals surface area contributed by atoms with Crippen LogP contribution in [0.3, 0.4) is 0 Å². The molecule has 0 aromatic heterocycles. The van der Waals surface area contributed by atoms with E-state index < -0.39 is 28.2 Å². The molecule has 1 N–H and O–H groups in total. The Balaban J connectivity index is 2.93. The van der Waals surface area contributed by atoms with E-state index in [2.05, 4.69) is 0 Å². The van der Waals surface area contributed by atoms with Crippen LogP contribution in [0, 0.1) is 0 Å². The van der Waals surface area contributed by atoms with Gasteiger partial charge in [0.15, 0.2) is 0 Å². The van der Waals surface area contributed by atoms with Crippen molar-refractivity contribution in [1.29, 1.82) is 0 Å². The maximum absolute atomic E-state index is 11.2. The Morgan fingerprint density at radius 3 is 2.29 bits per heavy atom. The minimum atomic E-state index is -3.63. The molecule has 0 aromatic carbocycles. The van der Waals surface area contributed by atoms with Crippen LogP contribution < -0.4 is 0 Å². The molecule has 1 heterocycles. The van der Waals surface area contributed by atoms with Crippen molar-refractivity contribution in [2.75, 3.05) is 12.8 Å². The summed E-state index contributed by atoms with van der Waals surface area (Å²) in [7, 11) is -3.63. The lowest BCUT2D eigenvalue weighted by molar-refractivity contribution is -0.146. The first-order valence-electron chi connectivity index (χ1n) is 5.40. The van der Waals surface area contributed by atoms with Gasteiger partial charge in [0, 0.05) is 12.1 Å². The highest BCUT2D eigenvalue weighted by Gasteiger charge is 2.46. The summed E-state index contributed by atoms with van der Waals surface area (Å²) < 4.78 is 27.0. The second-order valence-corrected chi connectivity index (χ2v) is 6.88. The van der Waals surface area contributed by atoms with Crippen LogP contribution >= 0.6 is 0 Å². The van der Waals surface area contributed by atoms with E-state index in [4.69, 9.17) is 4.18 Å². The summed E-state index contributed by atoms with van der Waals surface area (Å²) >= 11 is 0. The number of rotatable bonds is 3. The predicted octanol–water partition coefficient (Wildman–Crippen LogP) is 0.289. The minimum absolute atomic E-state index is 0.335. The molecule has 1 saturated heterocycles. The third-order valence-electron chi connectivity index (χ3n) is 2.76. The third-order valence-corrected chi connectivity index (χ3v) is 3.35. The molecule has 0 radical (unpaired) electrons. The number of aliphatic carboxylic acids is 1. The molecule has 17 heavy (non-hydrogen) atoms. The first-order valence-corrected chi connectivity index (χ1v) is 7.22. The maximum atomic E-state index is 11.2. The van der Waals surface area contributed by atoms with E-state index in [9.17, 15) is 18.3 Å². The van der Waals surface area contributed by atoms with Gasteiger partial charge in [-0.05, 0) is 27.2 Å². The largest absolute Gasteiger partial charge is 0.480 e. The highest BCUT2D eigenvalue weighted by atomic mass is 32.2. The quantitative estimate of drug-likeness (QED) is 0.738. The van der Waals surface area contributed by atoms with Gasteiger partial charge in [-0.3, -0.25) is 13.9 Å². The Hall–Kier alpha value is -0.660. The highest BCUT2D eigenvalue weighted by molar-refractivity contribution is 7.86. The number of nitrogens with zero attached hydrogens (tertiary/aromatic N) is 1. The summed E-state index contributed by atoms with van der Waals surface area (Å²) in [5.41, 5.74) is -0.335. The number of carboxylic acids is 1. The van der Waals surface area contributed by atoms with Crippen LogP contribution in [0.2, 0.25) is 0 Å². The SMILES string of the molecule is CC(C)(C)N1CC[C@H](OS(C)(=O)=O)C1C(=O)O. The maximum Gasteiger partial charge on any atom is 0.323 e. The fraction of sp³-hybridized carbons (Fsp3) is 0.900. The fourth-order valence-electron chi connectivity index (χ4n) is 2.13. The lowest BCUT2D eigenvalue weighted by Gasteiger charge is -2.35. The van der Waals surface area contributed by atoms with Crippen LogP contribution in [0.25, 0.3) is 0 Å². The van der Waals surface area contributed by atoms with Crippen molar-refractivity contribution in [3.8, 4) is 0 Å². The summed E-state index contributed by atoms with van der Waals surface area (Å²) in [5.74, 6) is -1.05. The summed E-state index contributed by atoms with van der Waals surface area (Å²) in [5, 5.41) is 9.20. The van der Waals surface area contributed by atoms with Crippen molar-refractivity contribution in [2.45, 2.75) is 44.9 Å². The van der Waals surface area contributed by atoms with Gasteiger partial charge in [0.25, 0.3) is 10.1 Å². The first-order chi connectivity index (χ1) is 7.52. The average molecular weight is 265 g/mol. The zero-order valence-electron chi connectivity index (χ0n) is 10.5. The molecule has 0 spiro atoms. The second kappa shape index (κ2) is 4.55. The lowest BCUT2D eigenvalue weighted by atomic mass is 10.0. The van der Waals surface area contributed by atoms with Gasteiger partial charge in [0.1, 0.15) is 12.1 Å². The molecule has 0 saturated carbocycles. The van der Waals surface area contributed by atoms with Crippen molar-refractivity contribution < 1.29 is 22.5 Å². The van der Waals surface area contributed by atoms with Crippen LogP contribution in [0.5, 0.6) is 0 Å². The van der Waals surface area contributed by atoms with Gasteiger partial charge in [-0.2, -0.15) is 8.42 Å². The van der Waals surface area contributed by atoms with E-state index in [0.717, 1.165) is 6.26 Å². The smallest absolute Gasteiger partial charge is 0.323 e. The van der Waals surface area contributed by atoms with E-state index in [1.54, 1.807) is 4.90 Å². The third kappa shape index (κ3) is 3.65. The van der Waals surface area contributed by atoms with E-state index in [-0.39, 0.29) is 5.54 Å². The van der Waals surface area contributed by atoms with Gasteiger partial charge in [-0.1, -0.05) is 0 Å². The molecule has 0 bridgehead atoms. The Kier molecular flexibility index (Phi) is 3.85. The van der Waals surface area contributed by atoms with Crippen molar-refractivity contribution in [2.24, 2.45) is 0 Å². The predicted molar refractivity (Wildman–Crippen MR) is 62.2 cm³/mol. The molecule has 1 unspecified atom stereocenters. The molecule has 100 valence electrons. The highest BCUT2D eigenvalue weighted by Crippen LogP contribution is 2.29. The molecular weight excluding hydrogens is 246 g/mol. The zero-order valence-corrected chi connectivity index (χ0v) is 11.3. The van der Waals surface area contributed by atoms with Gasteiger partial charge < -0.3 is 5.11 Å². The number of hydrogen-bond donors (Lipinski definition) is 1.